The van der Waals surface area contributed by atoms with Crippen LogP contribution in [-0.2, 0) is 0 Å². The number of nitrogens with one attached hydrogen (secondary N) is 1. The molecule has 1 amide bonds. The van der Waals surface area contributed by atoms with Crippen molar-refractivity contribution in [1.29, 1.82) is 0 Å². The second-order valence-corrected chi connectivity index (χ2v) is 6.54. The molecular weight excluding hydrogens is 334 g/mol. The summed E-state index contributed by atoms with van der Waals surface area (Å²) in [6, 6.07) is 1.52. The second-order valence-electron chi connectivity index (χ2n) is 2.79. The zero-order valence-corrected chi connectivity index (χ0v) is 11.4. The van der Waals surface area contributed by atoms with Crippen LogP contribution >= 0.6 is 43.2 Å². The van der Waals surface area contributed by atoms with E-state index in [1.54, 1.807) is 13.0 Å². The van der Waals surface area contributed by atoms with Crippen molar-refractivity contribution in [2.45, 2.75) is 13.0 Å². The number of carbonyl (C=O) groups is 1. The van der Waals surface area contributed by atoms with E-state index in [1.165, 1.54) is 11.3 Å². The molecule has 0 bridgehead atoms. The van der Waals surface area contributed by atoms with Gasteiger partial charge in [-0.2, -0.15) is 0 Å². The van der Waals surface area contributed by atoms with E-state index in [2.05, 4.69) is 37.2 Å². The highest BCUT2D eigenvalue weighted by atomic mass is 79.9. The summed E-state index contributed by atoms with van der Waals surface area (Å²) in [6.45, 7) is 1.68. The number of hydrogen-bond acceptors (Lipinski definition) is 3. The smallest absolute Gasteiger partial charge is 0.253 e. The molecule has 0 radical (unpaired) electrons. The summed E-state index contributed by atoms with van der Waals surface area (Å²) in [6.07, 6.45) is 0. The minimum absolute atomic E-state index is 0.0608. The summed E-state index contributed by atoms with van der Waals surface area (Å²) in [5.41, 5.74) is 0.585. The molecule has 0 spiro atoms. The summed E-state index contributed by atoms with van der Waals surface area (Å²) < 4.78 is 1.68. The highest BCUT2D eigenvalue weighted by molar-refractivity contribution is 9.12. The minimum Gasteiger partial charge on any atom is -0.394 e. The van der Waals surface area contributed by atoms with Crippen molar-refractivity contribution < 1.29 is 9.90 Å². The Morgan fingerprint density at radius 2 is 2.36 bits per heavy atom. The molecular formula is C8H9Br2NO2S. The molecule has 0 fully saturated rings. The maximum absolute atomic E-state index is 11.6. The second kappa shape index (κ2) is 5.25. The third kappa shape index (κ3) is 3.05. The summed E-state index contributed by atoms with van der Waals surface area (Å²) in [5, 5.41) is 11.4. The molecule has 3 nitrogen and oxygen atoms in total. The van der Waals surface area contributed by atoms with Gasteiger partial charge >= 0.3 is 0 Å². The average molecular weight is 343 g/mol. The molecule has 6 heteroatoms. The molecule has 2 N–H and O–H groups in total. The lowest BCUT2D eigenvalue weighted by molar-refractivity contribution is 0.0922. The van der Waals surface area contributed by atoms with Gasteiger partial charge in [-0.25, -0.2) is 0 Å². The van der Waals surface area contributed by atoms with E-state index in [1.807, 2.05) is 0 Å². The predicted molar refractivity (Wildman–Crippen MR) is 63.7 cm³/mol. The van der Waals surface area contributed by atoms with E-state index in [0.717, 1.165) is 7.57 Å². The van der Waals surface area contributed by atoms with E-state index in [-0.39, 0.29) is 18.6 Å². The molecule has 1 aromatic rings. The lowest BCUT2D eigenvalue weighted by atomic mass is 10.3. The molecule has 0 saturated carbocycles. The molecule has 0 aliphatic heterocycles. The zero-order chi connectivity index (χ0) is 10.7. The van der Waals surface area contributed by atoms with Crippen LogP contribution in [0.3, 0.4) is 0 Å². The van der Waals surface area contributed by atoms with Gasteiger partial charge in [0.25, 0.3) is 5.91 Å². The topological polar surface area (TPSA) is 49.3 Å². The van der Waals surface area contributed by atoms with E-state index >= 15 is 0 Å². The highest BCUT2D eigenvalue weighted by Crippen LogP contribution is 2.31. The van der Waals surface area contributed by atoms with Crippen LogP contribution in [0.25, 0.3) is 0 Å². The Kier molecular flexibility index (Phi) is 4.56. The first-order valence-corrected chi connectivity index (χ1v) is 6.31. The van der Waals surface area contributed by atoms with E-state index in [9.17, 15) is 4.79 Å². The molecule has 1 heterocycles. The molecule has 0 aliphatic rings. The summed E-state index contributed by atoms with van der Waals surface area (Å²) in [5.74, 6) is -0.180. The molecule has 1 rings (SSSR count). The Labute approximate surface area is 103 Å². The van der Waals surface area contributed by atoms with Crippen LogP contribution in [-0.4, -0.2) is 23.7 Å². The van der Waals surface area contributed by atoms with Crippen molar-refractivity contribution in [3.05, 3.63) is 19.2 Å². The molecule has 14 heavy (non-hydrogen) atoms. The number of hydrogen-bond donors (Lipinski definition) is 2. The third-order valence-corrected chi connectivity index (χ3v) is 3.89. The van der Waals surface area contributed by atoms with Crippen LogP contribution in [0.4, 0.5) is 0 Å². The van der Waals surface area contributed by atoms with Gasteiger partial charge < -0.3 is 10.4 Å². The largest absolute Gasteiger partial charge is 0.394 e. The SMILES string of the molecule is CC(CO)NC(=O)c1cc(Br)sc1Br. The Morgan fingerprint density at radius 3 is 2.79 bits per heavy atom. The van der Waals surface area contributed by atoms with Crippen molar-refractivity contribution in [2.24, 2.45) is 0 Å². The number of halogens is 2. The van der Waals surface area contributed by atoms with E-state index in [0.29, 0.717) is 5.56 Å². The number of thiophene rings is 1. The first-order chi connectivity index (χ1) is 6.54. The van der Waals surface area contributed by atoms with Gasteiger partial charge in [-0.15, -0.1) is 11.3 Å². The lowest BCUT2D eigenvalue weighted by Crippen LogP contribution is -2.34. The van der Waals surface area contributed by atoms with E-state index < -0.39 is 0 Å². The molecule has 0 aliphatic carbocycles. The molecule has 0 saturated heterocycles. The number of carbonyl (C=O) groups excluding carboxylic acids is 1. The standard InChI is InChI=1S/C8H9Br2NO2S/c1-4(3-12)11-8(13)5-2-6(9)14-7(5)10/h2,4,12H,3H2,1H3,(H,11,13). The fourth-order valence-corrected chi connectivity index (χ4v) is 3.64. The van der Waals surface area contributed by atoms with Gasteiger partial charge in [0, 0.05) is 6.04 Å². The summed E-state index contributed by atoms with van der Waals surface area (Å²) >= 11 is 8.03. The van der Waals surface area contributed by atoms with Gasteiger partial charge in [0.15, 0.2) is 0 Å². The van der Waals surface area contributed by atoms with Crippen LogP contribution in [0.15, 0.2) is 13.6 Å². The fraction of sp³-hybridized carbons (Fsp3) is 0.375. The van der Waals surface area contributed by atoms with Gasteiger partial charge in [-0.1, -0.05) is 0 Å². The van der Waals surface area contributed by atoms with Crippen LogP contribution in [0.5, 0.6) is 0 Å². The van der Waals surface area contributed by atoms with Crippen LogP contribution in [0.1, 0.15) is 17.3 Å². The highest BCUT2D eigenvalue weighted by Gasteiger charge is 2.14. The quantitative estimate of drug-likeness (QED) is 0.886. The van der Waals surface area contributed by atoms with Crippen LogP contribution in [0, 0.1) is 0 Å². The van der Waals surface area contributed by atoms with Gasteiger partial charge in [-0.05, 0) is 44.8 Å². The number of aliphatic hydroxyl groups is 1. The Bertz CT molecular complexity index is 340. The average Bonchev–Trinajstić information content (AvgIpc) is 2.45. The third-order valence-electron chi connectivity index (χ3n) is 1.55. The van der Waals surface area contributed by atoms with Crippen LogP contribution < -0.4 is 5.32 Å². The predicted octanol–water partition coefficient (Wildman–Crippen LogP) is 2.38. The van der Waals surface area contributed by atoms with Crippen molar-refractivity contribution in [3.63, 3.8) is 0 Å². The van der Waals surface area contributed by atoms with E-state index in [4.69, 9.17) is 5.11 Å². The number of amides is 1. The van der Waals surface area contributed by atoms with Crippen molar-refractivity contribution in [1.82, 2.24) is 5.32 Å². The molecule has 1 atom stereocenters. The zero-order valence-electron chi connectivity index (χ0n) is 7.38. The van der Waals surface area contributed by atoms with Gasteiger partial charge in [0.1, 0.15) is 0 Å². The molecule has 1 unspecified atom stereocenters. The van der Waals surface area contributed by atoms with Crippen molar-refractivity contribution >= 4 is 49.1 Å². The minimum atomic E-state index is -0.229. The number of rotatable bonds is 3. The molecule has 1 aromatic heterocycles. The first kappa shape index (κ1) is 12.2. The molecule has 78 valence electrons. The number of aliphatic hydroxyl groups excluding tert-OH is 1. The van der Waals surface area contributed by atoms with Gasteiger partial charge in [0.2, 0.25) is 0 Å². The summed E-state index contributed by atoms with van der Waals surface area (Å²) in [4.78, 5) is 11.6. The maximum Gasteiger partial charge on any atom is 0.253 e. The molecule has 0 aromatic carbocycles. The summed E-state index contributed by atoms with van der Waals surface area (Å²) in [7, 11) is 0. The van der Waals surface area contributed by atoms with Crippen molar-refractivity contribution in [2.75, 3.05) is 6.61 Å². The lowest BCUT2D eigenvalue weighted by Gasteiger charge is -2.09. The van der Waals surface area contributed by atoms with Gasteiger partial charge in [0.05, 0.1) is 19.7 Å². The van der Waals surface area contributed by atoms with Gasteiger partial charge in [-0.3, -0.25) is 4.79 Å². The first-order valence-electron chi connectivity index (χ1n) is 3.91. The monoisotopic (exact) mass is 341 g/mol. The Hall–Kier alpha value is 0.0900. The fourth-order valence-electron chi connectivity index (χ4n) is 0.842. The van der Waals surface area contributed by atoms with Crippen LogP contribution in [0.2, 0.25) is 0 Å². The van der Waals surface area contributed by atoms with Crippen molar-refractivity contribution in [3.8, 4) is 0 Å². The Morgan fingerprint density at radius 1 is 1.71 bits per heavy atom. The normalized spacial score (nSPS) is 12.6. The maximum atomic E-state index is 11.6. The Balaban J connectivity index is 2.74.